The zero-order chi connectivity index (χ0) is 13.7. The van der Waals surface area contributed by atoms with Crippen molar-refractivity contribution in [3.8, 4) is 5.75 Å². The molecule has 0 aliphatic carbocycles. The van der Waals surface area contributed by atoms with Gasteiger partial charge in [-0.05, 0) is 29.2 Å². The fourth-order valence-electron chi connectivity index (χ4n) is 2.16. The molecule has 1 N–H and O–H groups in total. The smallest absolute Gasteiger partial charge is 0.265 e. The molecular weight excluding hydrogens is 246 g/mol. The summed E-state index contributed by atoms with van der Waals surface area (Å²) in [5.74, 6) is 2.25. The third-order valence-corrected chi connectivity index (χ3v) is 4.16. The second-order valence-corrected chi connectivity index (χ2v) is 6.10. The van der Waals surface area contributed by atoms with E-state index in [-0.39, 0.29) is 5.91 Å². The van der Waals surface area contributed by atoms with Gasteiger partial charge in [0.2, 0.25) is 0 Å². The molecule has 0 saturated carbocycles. The summed E-state index contributed by atoms with van der Waals surface area (Å²) in [7, 11) is 1.59. The molecule has 0 spiro atoms. The number of thiophene rings is 1. The number of methoxy groups -OCH3 is 1. The Hall–Kier alpha value is -1.03. The van der Waals surface area contributed by atoms with Crippen LogP contribution in [0.4, 0.5) is 0 Å². The lowest BCUT2D eigenvalue weighted by Gasteiger charge is -2.24. The van der Waals surface area contributed by atoms with Gasteiger partial charge >= 0.3 is 0 Å². The molecule has 0 aliphatic heterocycles. The van der Waals surface area contributed by atoms with Crippen LogP contribution in [0.2, 0.25) is 0 Å². The largest absolute Gasteiger partial charge is 0.495 e. The van der Waals surface area contributed by atoms with Crippen molar-refractivity contribution >= 4 is 17.2 Å². The molecule has 0 fully saturated rings. The van der Waals surface area contributed by atoms with Crippen molar-refractivity contribution in [3.05, 3.63) is 16.3 Å². The van der Waals surface area contributed by atoms with Crippen molar-refractivity contribution in [2.75, 3.05) is 13.7 Å². The molecule has 0 radical (unpaired) electrons. The van der Waals surface area contributed by atoms with Crippen LogP contribution >= 0.6 is 11.3 Å². The molecule has 18 heavy (non-hydrogen) atoms. The van der Waals surface area contributed by atoms with E-state index in [1.54, 1.807) is 7.11 Å². The van der Waals surface area contributed by atoms with Crippen molar-refractivity contribution in [2.45, 2.75) is 27.7 Å². The first-order valence-corrected chi connectivity index (χ1v) is 7.25. The minimum Gasteiger partial charge on any atom is -0.495 e. The van der Waals surface area contributed by atoms with Crippen molar-refractivity contribution in [2.24, 2.45) is 17.8 Å². The van der Waals surface area contributed by atoms with Crippen molar-refractivity contribution in [1.82, 2.24) is 5.32 Å². The van der Waals surface area contributed by atoms with Crippen LogP contribution in [0.1, 0.15) is 37.4 Å². The van der Waals surface area contributed by atoms with E-state index in [4.69, 9.17) is 4.74 Å². The number of rotatable bonds is 6. The Morgan fingerprint density at radius 1 is 1.33 bits per heavy atom. The van der Waals surface area contributed by atoms with Gasteiger partial charge in [-0.25, -0.2) is 0 Å². The zero-order valence-electron chi connectivity index (χ0n) is 11.8. The van der Waals surface area contributed by atoms with Gasteiger partial charge in [0.1, 0.15) is 10.6 Å². The Morgan fingerprint density at radius 2 is 1.94 bits per heavy atom. The van der Waals surface area contributed by atoms with Gasteiger partial charge < -0.3 is 10.1 Å². The molecule has 102 valence electrons. The predicted molar refractivity (Wildman–Crippen MR) is 76.4 cm³/mol. The Bertz CT molecular complexity index is 377. The molecule has 0 atom stereocenters. The summed E-state index contributed by atoms with van der Waals surface area (Å²) in [6.07, 6.45) is 0. The van der Waals surface area contributed by atoms with E-state index in [1.165, 1.54) is 11.3 Å². The highest BCUT2D eigenvalue weighted by molar-refractivity contribution is 7.12. The van der Waals surface area contributed by atoms with E-state index in [2.05, 4.69) is 33.0 Å². The van der Waals surface area contributed by atoms with Gasteiger partial charge in [0, 0.05) is 6.54 Å². The van der Waals surface area contributed by atoms with Crippen LogP contribution in [0.3, 0.4) is 0 Å². The van der Waals surface area contributed by atoms with Gasteiger partial charge in [-0.15, -0.1) is 11.3 Å². The van der Waals surface area contributed by atoms with Crippen molar-refractivity contribution in [3.63, 3.8) is 0 Å². The van der Waals surface area contributed by atoms with E-state index in [9.17, 15) is 4.79 Å². The molecule has 1 heterocycles. The first-order valence-electron chi connectivity index (χ1n) is 6.37. The average Bonchev–Trinajstić information content (AvgIpc) is 2.75. The predicted octanol–water partition coefficient (Wildman–Crippen LogP) is 3.41. The normalized spacial score (nSPS) is 11.3. The molecule has 1 rings (SSSR count). The summed E-state index contributed by atoms with van der Waals surface area (Å²) < 4.78 is 5.16. The minimum atomic E-state index is -0.0341. The third kappa shape index (κ3) is 3.73. The van der Waals surface area contributed by atoms with E-state index in [0.29, 0.717) is 28.4 Å². The molecule has 0 aromatic carbocycles. The van der Waals surface area contributed by atoms with Gasteiger partial charge in [-0.1, -0.05) is 27.7 Å². The minimum absolute atomic E-state index is 0.0341. The van der Waals surface area contributed by atoms with E-state index < -0.39 is 0 Å². The van der Waals surface area contributed by atoms with Crippen LogP contribution in [0.25, 0.3) is 0 Å². The number of hydrogen-bond donors (Lipinski definition) is 1. The Kier molecular flexibility index (Phi) is 5.66. The second-order valence-electron chi connectivity index (χ2n) is 5.18. The number of carbonyl (C=O) groups is 1. The van der Waals surface area contributed by atoms with Crippen molar-refractivity contribution in [1.29, 1.82) is 0 Å². The molecule has 0 saturated heterocycles. The second kappa shape index (κ2) is 6.78. The lowest BCUT2D eigenvalue weighted by molar-refractivity contribution is 0.0938. The molecule has 0 aliphatic rings. The number of nitrogens with one attached hydrogen (secondary N) is 1. The van der Waals surface area contributed by atoms with Crippen LogP contribution in [0.5, 0.6) is 5.75 Å². The highest BCUT2D eigenvalue weighted by atomic mass is 32.1. The first-order chi connectivity index (χ1) is 8.47. The number of hydrogen-bond acceptors (Lipinski definition) is 3. The Balaban J connectivity index is 2.60. The maximum absolute atomic E-state index is 12.1. The summed E-state index contributed by atoms with van der Waals surface area (Å²) in [5, 5.41) is 4.89. The number of carbonyl (C=O) groups excluding carboxylic acids is 1. The molecule has 0 bridgehead atoms. The maximum Gasteiger partial charge on any atom is 0.265 e. The SMILES string of the molecule is COc1ccsc1C(=O)NCC(C(C)C)C(C)C. The number of amides is 1. The highest BCUT2D eigenvalue weighted by Gasteiger charge is 2.20. The van der Waals surface area contributed by atoms with Crippen LogP contribution in [0, 0.1) is 17.8 Å². The lowest BCUT2D eigenvalue weighted by Crippen LogP contribution is -2.33. The van der Waals surface area contributed by atoms with Gasteiger partial charge in [-0.3, -0.25) is 4.79 Å². The molecule has 1 amide bonds. The summed E-state index contributed by atoms with van der Waals surface area (Å²) >= 11 is 1.41. The summed E-state index contributed by atoms with van der Waals surface area (Å²) in [6.45, 7) is 9.51. The quantitative estimate of drug-likeness (QED) is 0.859. The summed E-state index contributed by atoms with van der Waals surface area (Å²) in [4.78, 5) is 12.7. The molecule has 4 heteroatoms. The summed E-state index contributed by atoms with van der Waals surface area (Å²) in [6, 6.07) is 1.82. The summed E-state index contributed by atoms with van der Waals surface area (Å²) in [5.41, 5.74) is 0. The zero-order valence-corrected chi connectivity index (χ0v) is 12.6. The fraction of sp³-hybridized carbons (Fsp3) is 0.643. The monoisotopic (exact) mass is 269 g/mol. The first kappa shape index (κ1) is 15.0. The molecule has 3 nitrogen and oxygen atoms in total. The lowest BCUT2D eigenvalue weighted by atomic mass is 9.85. The van der Waals surface area contributed by atoms with Crippen LogP contribution in [0.15, 0.2) is 11.4 Å². The fourth-order valence-corrected chi connectivity index (χ4v) is 2.93. The van der Waals surface area contributed by atoms with Crippen LogP contribution in [-0.2, 0) is 0 Å². The van der Waals surface area contributed by atoms with Gasteiger partial charge in [0.25, 0.3) is 5.91 Å². The van der Waals surface area contributed by atoms with Crippen LogP contribution < -0.4 is 10.1 Å². The Labute approximate surface area is 114 Å². The Morgan fingerprint density at radius 3 is 2.44 bits per heavy atom. The standard InChI is InChI=1S/C14H23NO2S/c1-9(2)11(10(3)4)8-15-14(16)13-12(17-5)6-7-18-13/h6-7,9-11H,8H2,1-5H3,(H,15,16). The topological polar surface area (TPSA) is 38.3 Å². The maximum atomic E-state index is 12.1. The van der Waals surface area contributed by atoms with E-state index in [0.717, 1.165) is 6.54 Å². The van der Waals surface area contributed by atoms with Gasteiger partial charge in [0.15, 0.2) is 0 Å². The van der Waals surface area contributed by atoms with Crippen LogP contribution in [-0.4, -0.2) is 19.6 Å². The number of ether oxygens (including phenoxy) is 1. The molecule has 1 aromatic rings. The van der Waals surface area contributed by atoms with Gasteiger partial charge in [-0.2, -0.15) is 0 Å². The third-order valence-electron chi connectivity index (χ3n) is 3.27. The van der Waals surface area contributed by atoms with E-state index in [1.807, 2.05) is 11.4 Å². The van der Waals surface area contributed by atoms with Gasteiger partial charge in [0.05, 0.1) is 7.11 Å². The molecular formula is C14H23NO2S. The average molecular weight is 269 g/mol. The van der Waals surface area contributed by atoms with E-state index >= 15 is 0 Å². The molecule has 0 unspecified atom stereocenters. The van der Waals surface area contributed by atoms with Crippen molar-refractivity contribution < 1.29 is 9.53 Å². The molecule has 1 aromatic heterocycles. The highest BCUT2D eigenvalue weighted by Crippen LogP contribution is 2.25.